The highest BCUT2D eigenvalue weighted by atomic mass is 16.5. The third-order valence-corrected chi connectivity index (χ3v) is 4.01. The number of nitrogens with zero attached hydrogens (tertiary/aromatic N) is 1. The first-order valence-corrected chi connectivity index (χ1v) is 8.30. The number of ether oxygens (including phenoxy) is 3. The third-order valence-electron chi connectivity index (χ3n) is 4.01. The first-order chi connectivity index (χ1) is 10.6. The summed E-state index contributed by atoms with van der Waals surface area (Å²) in [5.74, 6) is 1.66. The number of benzene rings is 1. The molecular weight excluding hydrogens is 278 g/mol. The Morgan fingerprint density at radius 1 is 1.18 bits per heavy atom. The van der Waals surface area contributed by atoms with E-state index in [1.54, 1.807) is 7.11 Å². The molecule has 1 fully saturated rings. The van der Waals surface area contributed by atoms with Crippen molar-refractivity contribution in [2.45, 2.75) is 45.8 Å². The van der Waals surface area contributed by atoms with Gasteiger partial charge in [0.2, 0.25) is 0 Å². The molecule has 1 aliphatic rings. The highest BCUT2D eigenvalue weighted by Crippen LogP contribution is 2.28. The maximum Gasteiger partial charge on any atom is 0.161 e. The fourth-order valence-electron chi connectivity index (χ4n) is 2.99. The van der Waals surface area contributed by atoms with E-state index >= 15 is 0 Å². The van der Waals surface area contributed by atoms with E-state index in [4.69, 9.17) is 14.2 Å². The minimum absolute atomic E-state index is 0.325. The molecule has 0 saturated carbocycles. The van der Waals surface area contributed by atoms with Crippen molar-refractivity contribution in [3.8, 4) is 11.5 Å². The molecular formula is C18H29NO3. The average molecular weight is 307 g/mol. The van der Waals surface area contributed by atoms with Gasteiger partial charge in [0.25, 0.3) is 0 Å². The minimum Gasteiger partial charge on any atom is -0.493 e. The van der Waals surface area contributed by atoms with Crippen LogP contribution in [0.1, 0.15) is 32.8 Å². The second-order valence-corrected chi connectivity index (χ2v) is 6.06. The van der Waals surface area contributed by atoms with Gasteiger partial charge in [0.15, 0.2) is 11.5 Å². The van der Waals surface area contributed by atoms with Crippen LogP contribution in [0.4, 0.5) is 0 Å². The van der Waals surface area contributed by atoms with Gasteiger partial charge in [-0.25, -0.2) is 0 Å². The highest BCUT2D eigenvalue weighted by molar-refractivity contribution is 5.42. The Morgan fingerprint density at radius 3 is 2.55 bits per heavy atom. The van der Waals surface area contributed by atoms with Crippen LogP contribution in [0.2, 0.25) is 0 Å². The topological polar surface area (TPSA) is 30.9 Å². The predicted molar refractivity (Wildman–Crippen MR) is 88.9 cm³/mol. The molecule has 1 saturated heterocycles. The summed E-state index contributed by atoms with van der Waals surface area (Å²) in [5.41, 5.74) is 1.26. The monoisotopic (exact) mass is 307 g/mol. The van der Waals surface area contributed by atoms with Gasteiger partial charge in [0, 0.05) is 19.6 Å². The zero-order valence-corrected chi connectivity index (χ0v) is 14.3. The quantitative estimate of drug-likeness (QED) is 0.724. The van der Waals surface area contributed by atoms with Crippen LogP contribution in [0.5, 0.6) is 11.5 Å². The summed E-state index contributed by atoms with van der Waals surface area (Å²) in [5, 5.41) is 0. The summed E-state index contributed by atoms with van der Waals surface area (Å²) in [4.78, 5) is 2.46. The maximum atomic E-state index is 5.89. The minimum atomic E-state index is 0.325. The molecule has 1 aromatic rings. The Hall–Kier alpha value is -1.26. The lowest BCUT2D eigenvalue weighted by atomic mass is 10.1. The van der Waals surface area contributed by atoms with E-state index in [0.717, 1.165) is 44.0 Å². The first kappa shape index (κ1) is 17.1. The van der Waals surface area contributed by atoms with Gasteiger partial charge >= 0.3 is 0 Å². The van der Waals surface area contributed by atoms with Crippen LogP contribution in [0.25, 0.3) is 0 Å². The molecule has 1 aromatic carbocycles. The van der Waals surface area contributed by atoms with E-state index in [0.29, 0.717) is 18.8 Å². The Bertz CT molecular complexity index is 454. The fourth-order valence-corrected chi connectivity index (χ4v) is 2.99. The molecule has 0 aliphatic carbocycles. The summed E-state index contributed by atoms with van der Waals surface area (Å²) in [6, 6.07) is 6.17. The van der Waals surface area contributed by atoms with Crippen LogP contribution in [-0.4, -0.2) is 50.5 Å². The first-order valence-electron chi connectivity index (χ1n) is 8.30. The maximum absolute atomic E-state index is 5.89. The van der Waals surface area contributed by atoms with Crippen LogP contribution in [0.3, 0.4) is 0 Å². The number of aryl methyl sites for hydroxylation is 1. The third kappa shape index (κ3) is 4.89. The SMILES string of the molecule is CCc1ccc(OCCCN2CC(C)OC(C)C2)c(OC)c1. The summed E-state index contributed by atoms with van der Waals surface area (Å²) in [7, 11) is 1.69. The summed E-state index contributed by atoms with van der Waals surface area (Å²) in [6.07, 6.45) is 2.67. The van der Waals surface area contributed by atoms with Gasteiger partial charge < -0.3 is 14.2 Å². The van der Waals surface area contributed by atoms with E-state index in [9.17, 15) is 0 Å². The molecule has 2 unspecified atom stereocenters. The van der Waals surface area contributed by atoms with Gasteiger partial charge in [-0.05, 0) is 44.4 Å². The molecule has 2 rings (SSSR count). The Labute approximate surface area is 134 Å². The van der Waals surface area contributed by atoms with Gasteiger partial charge in [-0.15, -0.1) is 0 Å². The molecule has 0 amide bonds. The van der Waals surface area contributed by atoms with Crippen molar-refractivity contribution in [3.05, 3.63) is 23.8 Å². The van der Waals surface area contributed by atoms with Gasteiger partial charge in [-0.2, -0.15) is 0 Å². The van der Waals surface area contributed by atoms with Crippen LogP contribution >= 0.6 is 0 Å². The predicted octanol–water partition coefficient (Wildman–Crippen LogP) is 3.14. The van der Waals surface area contributed by atoms with E-state index in [2.05, 4.69) is 37.8 Å². The van der Waals surface area contributed by atoms with Crippen LogP contribution < -0.4 is 9.47 Å². The number of methoxy groups -OCH3 is 1. The lowest BCUT2D eigenvalue weighted by Gasteiger charge is -2.35. The molecule has 4 heteroatoms. The summed E-state index contributed by atoms with van der Waals surface area (Å²) in [6.45, 7) is 10.2. The molecule has 124 valence electrons. The fraction of sp³-hybridized carbons (Fsp3) is 0.667. The second-order valence-electron chi connectivity index (χ2n) is 6.06. The van der Waals surface area contributed by atoms with Crippen LogP contribution in [0, 0.1) is 0 Å². The standard InChI is InChI=1S/C18H29NO3/c1-5-16-7-8-17(18(11-16)20-4)21-10-6-9-19-12-14(2)22-15(3)13-19/h7-8,11,14-15H,5-6,9-10,12-13H2,1-4H3. The molecule has 4 nitrogen and oxygen atoms in total. The van der Waals surface area contributed by atoms with Crippen molar-refractivity contribution < 1.29 is 14.2 Å². The van der Waals surface area contributed by atoms with Crippen LogP contribution in [-0.2, 0) is 11.2 Å². The van der Waals surface area contributed by atoms with E-state index < -0.39 is 0 Å². The normalized spacial score (nSPS) is 22.5. The number of hydrogen-bond donors (Lipinski definition) is 0. The Kier molecular flexibility index (Phi) is 6.52. The van der Waals surface area contributed by atoms with Crippen molar-refractivity contribution in [2.24, 2.45) is 0 Å². The molecule has 22 heavy (non-hydrogen) atoms. The van der Waals surface area contributed by atoms with E-state index in [-0.39, 0.29) is 0 Å². The number of rotatable bonds is 7. The summed E-state index contributed by atoms with van der Waals surface area (Å²) < 4.78 is 17.1. The molecule has 1 aliphatic heterocycles. The van der Waals surface area contributed by atoms with Gasteiger partial charge in [-0.3, -0.25) is 4.90 Å². The zero-order chi connectivity index (χ0) is 15.9. The van der Waals surface area contributed by atoms with Crippen molar-refractivity contribution in [3.63, 3.8) is 0 Å². The second kappa shape index (κ2) is 8.39. The van der Waals surface area contributed by atoms with E-state index in [1.165, 1.54) is 5.56 Å². The summed E-state index contributed by atoms with van der Waals surface area (Å²) >= 11 is 0. The molecule has 0 spiro atoms. The number of morpholine rings is 1. The van der Waals surface area contributed by atoms with Crippen molar-refractivity contribution >= 4 is 0 Å². The molecule has 0 bridgehead atoms. The smallest absolute Gasteiger partial charge is 0.161 e. The highest BCUT2D eigenvalue weighted by Gasteiger charge is 2.21. The number of hydrogen-bond acceptors (Lipinski definition) is 4. The van der Waals surface area contributed by atoms with Crippen LogP contribution in [0.15, 0.2) is 18.2 Å². The molecule has 1 heterocycles. The van der Waals surface area contributed by atoms with Gasteiger partial charge in [-0.1, -0.05) is 13.0 Å². The molecule has 0 radical (unpaired) electrons. The average Bonchev–Trinajstić information content (AvgIpc) is 2.50. The molecule has 2 atom stereocenters. The van der Waals surface area contributed by atoms with E-state index in [1.807, 2.05) is 6.07 Å². The zero-order valence-electron chi connectivity index (χ0n) is 14.3. The lowest BCUT2D eigenvalue weighted by molar-refractivity contribution is -0.0686. The van der Waals surface area contributed by atoms with Gasteiger partial charge in [0.05, 0.1) is 25.9 Å². The largest absolute Gasteiger partial charge is 0.493 e. The van der Waals surface area contributed by atoms with Crippen molar-refractivity contribution in [2.75, 3.05) is 33.4 Å². The Morgan fingerprint density at radius 2 is 1.91 bits per heavy atom. The van der Waals surface area contributed by atoms with Crippen molar-refractivity contribution in [1.82, 2.24) is 4.90 Å². The van der Waals surface area contributed by atoms with Crippen molar-refractivity contribution in [1.29, 1.82) is 0 Å². The molecule has 0 N–H and O–H groups in total. The lowest BCUT2D eigenvalue weighted by Crippen LogP contribution is -2.45. The van der Waals surface area contributed by atoms with Gasteiger partial charge in [0.1, 0.15) is 0 Å². The Balaban J connectivity index is 1.76. The molecule has 0 aromatic heterocycles.